The zero-order valence-electron chi connectivity index (χ0n) is 62.9. The quantitative estimate of drug-likeness (QED) is 0.117. The molecule has 3 N–H and O–H groups in total. The lowest BCUT2D eigenvalue weighted by atomic mass is 9.78. The number of likely N-dealkylation sites (tertiary alicyclic amines) is 1. The molecule has 4 saturated heterocycles. The topological polar surface area (TPSA) is 270 Å². The Kier molecular flexibility index (Phi) is 30.2. The monoisotopic (exact) mass is 1460 g/mol. The molecule has 24 nitrogen and oxygen atoms in total. The third-order valence-electron chi connectivity index (χ3n) is 23.8. The molecule has 4 aliphatic heterocycles. The van der Waals surface area contributed by atoms with Crippen LogP contribution in [0.1, 0.15) is 221 Å². The zero-order chi connectivity index (χ0) is 75.2. The molecule has 7 aliphatic rings. The largest absolute Gasteiger partial charge is 0.393 e. The van der Waals surface area contributed by atoms with Gasteiger partial charge < -0.3 is 60.0 Å². The highest BCUT2D eigenvalue weighted by Crippen LogP contribution is 2.44. The van der Waals surface area contributed by atoms with E-state index in [9.17, 15) is 37.1 Å². The van der Waals surface area contributed by atoms with Crippen LogP contribution < -0.4 is 16.0 Å². The van der Waals surface area contributed by atoms with Crippen molar-refractivity contribution < 1.29 is 70.7 Å². The van der Waals surface area contributed by atoms with Crippen molar-refractivity contribution in [3.05, 3.63) is 0 Å². The maximum atomic E-state index is 15.6. The Morgan fingerprint density at radius 3 is 1.83 bits per heavy atom. The predicted octanol–water partition coefficient (Wildman–Crippen LogP) is 7.02. The van der Waals surface area contributed by atoms with Crippen molar-refractivity contribution in [3.8, 4) is 0 Å². The smallest absolute Gasteiger partial charge is 0.343 e. The maximum absolute atomic E-state index is 15.6. The van der Waals surface area contributed by atoms with Crippen LogP contribution in [0.5, 0.6) is 0 Å². The highest BCUT2D eigenvalue weighted by atomic mass is 35.5. The molecule has 7 rings (SSSR count). The lowest BCUT2D eigenvalue weighted by molar-refractivity contribution is -0.182. The van der Waals surface area contributed by atoms with E-state index in [0.717, 1.165) is 44.9 Å². The summed E-state index contributed by atoms with van der Waals surface area (Å²) < 4.78 is 42.1. The molecule has 0 aromatic carbocycles. The Balaban J connectivity index is 1.28. The normalized spacial score (nSPS) is 30.6. The third-order valence-corrected chi connectivity index (χ3v) is 24.3. The number of hydrogen-bond donors (Lipinski definition) is 3. The average molecular weight is 1460 g/mol. The van der Waals surface area contributed by atoms with Crippen LogP contribution in [0, 0.1) is 29.6 Å². The Hall–Kier alpha value is -6.28. The van der Waals surface area contributed by atoms with E-state index in [1.807, 2.05) is 27.7 Å². The fraction of sp³-hybridized carbons (Fsp3) is 0.838. The summed E-state index contributed by atoms with van der Waals surface area (Å²) in [5.74, 6) is -9.96. The molecule has 102 heavy (non-hydrogen) atoms. The summed E-state index contributed by atoms with van der Waals surface area (Å²) >= 11 is 6.42. The van der Waals surface area contributed by atoms with Gasteiger partial charge in [-0.2, -0.15) is 13.2 Å². The molecular formula is C74H120ClF3N12O12. The van der Waals surface area contributed by atoms with Crippen LogP contribution in [0.15, 0.2) is 0 Å². The third kappa shape index (κ3) is 20.2. The van der Waals surface area contributed by atoms with E-state index in [2.05, 4.69) is 16.0 Å². The molecule has 3 aliphatic carbocycles. The van der Waals surface area contributed by atoms with E-state index in [1.54, 1.807) is 11.8 Å². The summed E-state index contributed by atoms with van der Waals surface area (Å²) in [4.78, 5) is 193. The van der Waals surface area contributed by atoms with Crippen molar-refractivity contribution in [3.63, 3.8) is 0 Å². The van der Waals surface area contributed by atoms with Crippen molar-refractivity contribution >= 4 is 82.5 Å². The van der Waals surface area contributed by atoms with Crippen LogP contribution in [-0.4, -0.2) is 261 Å². The van der Waals surface area contributed by atoms with E-state index in [0.29, 0.717) is 64.5 Å². The van der Waals surface area contributed by atoms with E-state index < -0.39 is 167 Å². The van der Waals surface area contributed by atoms with Gasteiger partial charge in [-0.15, -0.1) is 11.6 Å². The minimum absolute atomic E-state index is 0.00282. The van der Waals surface area contributed by atoms with Crippen LogP contribution in [0.3, 0.4) is 0 Å². The highest BCUT2D eigenvalue weighted by molar-refractivity contribution is 6.21. The number of nitrogens with one attached hydrogen (secondary N) is 3. The van der Waals surface area contributed by atoms with Gasteiger partial charge in [0.15, 0.2) is 0 Å². The summed E-state index contributed by atoms with van der Waals surface area (Å²) in [6, 6.07) is -10.7. The lowest BCUT2D eigenvalue weighted by Gasteiger charge is -2.45. The van der Waals surface area contributed by atoms with Crippen LogP contribution in [0.2, 0.25) is 0 Å². The highest BCUT2D eigenvalue weighted by Gasteiger charge is 2.52. The summed E-state index contributed by atoms with van der Waals surface area (Å²) in [7, 11) is 8.76. The van der Waals surface area contributed by atoms with Gasteiger partial charge in [0.2, 0.25) is 70.9 Å². The fourth-order valence-corrected chi connectivity index (χ4v) is 17.2. The number of carbonyl (C=O) groups is 12. The second kappa shape index (κ2) is 37.1. The van der Waals surface area contributed by atoms with Gasteiger partial charge in [-0.1, -0.05) is 105 Å². The van der Waals surface area contributed by atoms with Gasteiger partial charge in [0.1, 0.15) is 59.9 Å². The number of hydrogen-bond acceptors (Lipinski definition) is 12. The van der Waals surface area contributed by atoms with Crippen molar-refractivity contribution in [2.45, 2.75) is 293 Å². The first-order valence-electron chi connectivity index (χ1n) is 38.3. The van der Waals surface area contributed by atoms with Gasteiger partial charge in [0.25, 0.3) is 0 Å². The molecule has 0 aromatic heterocycles. The van der Waals surface area contributed by atoms with Crippen molar-refractivity contribution in [1.82, 2.24) is 60.0 Å². The summed E-state index contributed by atoms with van der Waals surface area (Å²) in [6.07, 6.45) is 6.76. The maximum Gasteiger partial charge on any atom is 0.393 e. The molecule has 12 amide bonds. The van der Waals surface area contributed by atoms with E-state index in [4.69, 9.17) is 11.6 Å². The predicted molar refractivity (Wildman–Crippen MR) is 379 cm³/mol. The standard InChI is InChI=1S/C74H120ClF3N12O12/c1-13-15-18-28-55-68(98)86(11)59(70(100)88-37-23-17-24-38-88)44-61(92)84(9)57(41-46(3)4)63(93)80-62(47(5)14-2)71(101)83(8)48(6)65(95)90-40-34-56(90)69(99)85(10)58(43-49-26-19-16-20-27-49)67(97)82(7)45-60(91)79-53(33-31-50-30-32-51(52(75)42-50)74(76,77)78)66(96)89-39-25-29-54(89)64(94)81-73(35-21-22-36-73)72(102)87(55)12/h46-59,62H,13-45H2,1-12H3,(H,79,91)(H,80,93)(H,81,94)/t47-,48-,50?,51?,52?,53-,54-,55-,56-,57-,58-,59-,62-/m0/s1. The molecule has 7 fully saturated rings. The molecule has 0 radical (unpaired) electrons. The molecular weight excluding hydrogens is 1340 g/mol. The number of unbranched alkanes of at least 4 members (excludes halogenated alkanes) is 2. The molecule has 13 atom stereocenters. The van der Waals surface area contributed by atoms with Crippen LogP contribution in [-0.2, 0) is 57.5 Å². The van der Waals surface area contributed by atoms with Gasteiger partial charge in [-0.3, -0.25) is 57.5 Å². The average Bonchev–Trinajstić information content (AvgIpc) is 1.56. The SMILES string of the molecule is CCCCC[C@H]1C(=O)N(C)[C@H](C(=O)N2CCCCC2)CC(=O)N(C)[C@@H](CC(C)C)C(=O)N[C@@H]([C@@H](C)CC)C(=O)N(C)[C@@H](C)C(=O)N2CC[C@H]2C(=O)N(C)[C@@H](CC2CCCCC2)C(=O)N(C)CC(=O)N[C@@H](CCC2CCC(C(F)(F)F)C(Cl)C2)C(=O)N2CCC[C@H]2C(=O)NC2(CCCC2)C(=O)N1C. The first kappa shape index (κ1) is 83.0. The fourth-order valence-electron chi connectivity index (χ4n) is 16.7. The van der Waals surface area contributed by atoms with Gasteiger partial charge in [-0.05, 0) is 133 Å². The molecule has 28 heteroatoms. The number of fused-ring (bicyclic) bond motifs is 2. The van der Waals surface area contributed by atoms with E-state index in [-0.39, 0.29) is 108 Å². The Morgan fingerprint density at radius 1 is 0.588 bits per heavy atom. The summed E-state index contributed by atoms with van der Waals surface area (Å²) in [5.41, 5.74) is -1.55. The van der Waals surface area contributed by atoms with Crippen LogP contribution >= 0.6 is 11.6 Å². The second-order valence-corrected chi connectivity index (χ2v) is 31.9. The number of halogens is 4. The van der Waals surface area contributed by atoms with Gasteiger partial charge >= 0.3 is 6.18 Å². The second-order valence-electron chi connectivity index (χ2n) is 31.4. The van der Waals surface area contributed by atoms with Crippen molar-refractivity contribution in [2.75, 3.05) is 75.0 Å². The number of carbonyl (C=O) groups excluding carboxylic acids is 12. The first-order chi connectivity index (χ1) is 48.2. The van der Waals surface area contributed by atoms with Gasteiger partial charge in [0, 0.05) is 73.8 Å². The van der Waals surface area contributed by atoms with Crippen LogP contribution in [0.4, 0.5) is 13.2 Å². The Labute approximate surface area is 608 Å². The molecule has 3 saturated carbocycles. The van der Waals surface area contributed by atoms with Crippen LogP contribution in [0.25, 0.3) is 0 Å². The minimum Gasteiger partial charge on any atom is -0.343 e. The minimum atomic E-state index is -4.51. The number of rotatable bonds is 14. The Bertz CT molecular complexity index is 2960. The number of nitrogens with zero attached hydrogens (tertiary/aromatic N) is 9. The zero-order valence-corrected chi connectivity index (χ0v) is 63.7. The number of piperidine rings is 1. The molecule has 576 valence electrons. The molecule has 3 unspecified atom stereocenters. The lowest BCUT2D eigenvalue weighted by Crippen LogP contribution is -2.65. The van der Waals surface area contributed by atoms with Crippen molar-refractivity contribution in [1.29, 1.82) is 0 Å². The van der Waals surface area contributed by atoms with Gasteiger partial charge in [0.05, 0.1) is 18.9 Å². The van der Waals surface area contributed by atoms with E-state index in [1.165, 1.54) is 88.4 Å². The van der Waals surface area contributed by atoms with E-state index >= 15 is 33.6 Å². The number of likely N-dealkylation sites (N-methyl/N-ethyl adjacent to an activating group) is 6. The molecule has 0 bridgehead atoms. The van der Waals surface area contributed by atoms with Gasteiger partial charge in [-0.25, -0.2) is 0 Å². The van der Waals surface area contributed by atoms with Crippen molar-refractivity contribution in [2.24, 2.45) is 29.6 Å². The molecule has 0 aromatic rings. The Morgan fingerprint density at radius 2 is 1.24 bits per heavy atom. The molecule has 1 spiro atoms. The first-order valence-corrected chi connectivity index (χ1v) is 38.7. The summed E-state index contributed by atoms with van der Waals surface area (Å²) in [5, 5.41) is 7.67. The molecule has 4 heterocycles. The summed E-state index contributed by atoms with van der Waals surface area (Å²) in [6.45, 7) is 11.3. The number of amides is 12. The number of alkyl halides is 4.